The summed E-state index contributed by atoms with van der Waals surface area (Å²) in [6.45, 7) is 4.66. The summed E-state index contributed by atoms with van der Waals surface area (Å²) in [7, 11) is 0. The fourth-order valence-corrected chi connectivity index (χ4v) is 3.56. The van der Waals surface area contributed by atoms with Gasteiger partial charge in [0, 0.05) is 20.0 Å². The van der Waals surface area contributed by atoms with Crippen LogP contribution in [-0.4, -0.2) is 39.9 Å². The van der Waals surface area contributed by atoms with Crippen LogP contribution in [0.3, 0.4) is 0 Å². The van der Waals surface area contributed by atoms with Crippen molar-refractivity contribution >= 4 is 11.7 Å². The number of hydrogen-bond donors (Lipinski definition) is 0. The van der Waals surface area contributed by atoms with Gasteiger partial charge in [-0.05, 0) is 59.7 Å². The van der Waals surface area contributed by atoms with E-state index in [2.05, 4.69) is 17.1 Å². The van der Waals surface area contributed by atoms with Crippen molar-refractivity contribution in [2.45, 2.75) is 39.2 Å². The van der Waals surface area contributed by atoms with Crippen molar-refractivity contribution in [2.24, 2.45) is 5.92 Å². The molecule has 1 aromatic heterocycles. The maximum Gasteiger partial charge on any atom is 0.406 e. The Morgan fingerprint density at radius 1 is 1.25 bits per heavy atom. The van der Waals surface area contributed by atoms with Crippen molar-refractivity contribution in [2.75, 3.05) is 13.1 Å². The van der Waals surface area contributed by atoms with Gasteiger partial charge in [0.1, 0.15) is 5.69 Å². The highest BCUT2D eigenvalue weighted by atomic mass is 16.6. The minimum atomic E-state index is -0.797. The number of benzene rings is 1. The Bertz CT molecular complexity index is 833. The van der Waals surface area contributed by atoms with E-state index in [-0.39, 0.29) is 17.5 Å². The van der Waals surface area contributed by atoms with Gasteiger partial charge in [-0.25, -0.2) is 0 Å². The third-order valence-corrected chi connectivity index (χ3v) is 5.10. The van der Waals surface area contributed by atoms with E-state index in [0.29, 0.717) is 24.7 Å². The molecule has 28 heavy (non-hydrogen) atoms. The SMILES string of the molecule is Cc1ccc(O[C@H](C)C(=O)N2CCC(Cc3ccccc3)CC2)c([N+](=O)[O-])n1. The van der Waals surface area contributed by atoms with Crippen molar-refractivity contribution in [1.82, 2.24) is 9.88 Å². The molecule has 1 aliphatic heterocycles. The van der Waals surface area contributed by atoms with Crippen molar-refractivity contribution in [3.63, 3.8) is 0 Å². The summed E-state index contributed by atoms with van der Waals surface area (Å²) in [5.41, 5.74) is 1.85. The Hall–Kier alpha value is -2.96. The number of piperidine rings is 1. The molecule has 7 nitrogen and oxygen atoms in total. The van der Waals surface area contributed by atoms with Crippen molar-refractivity contribution in [3.8, 4) is 5.75 Å². The van der Waals surface area contributed by atoms with Gasteiger partial charge in [-0.1, -0.05) is 30.3 Å². The Labute approximate surface area is 164 Å². The highest BCUT2D eigenvalue weighted by Gasteiger charge is 2.29. The van der Waals surface area contributed by atoms with Gasteiger partial charge in [0.2, 0.25) is 5.75 Å². The number of carbonyl (C=O) groups excluding carboxylic acids is 1. The highest BCUT2D eigenvalue weighted by Crippen LogP contribution is 2.27. The zero-order chi connectivity index (χ0) is 20.1. The lowest BCUT2D eigenvalue weighted by molar-refractivity contribution is -0.390. The first kappa shape index (κ1) is 19.8. The van der Waals surface area contributed by atoms with Crippen molar-refractivity contribution in [1.29, 1.82) is 0 Å². The number of pyridine rings is 1. The van der Waals surface area contributed by atoms with Crippen LogP contribution in [0.15, 0.2) is 42.5 Å². The minimum Gasteiger partial charge on any atom is -0.473 e. The molecule has 1 aromatic carbocycles. The Morgan fingerprint density at radius 3 is 2.57 bits per heavy atom. The second-order valence-electron chi connectivity index (χ2n) is 7.25. The van der Waals surface area contributed by atoms with Gasteiger partial charge < -0.3 is 19.8 Å². The Balaban J connectivity index is 1.56. The fourth-order valence-electron chi connectivity index (χ4n) is 3.56. The fraction of sp³-hybridized carbons (Fsp3) is 0.429. The molecule has 1 saturated heterocycles. The lowest BCUT2D eigenvalue weighted by Gasteiger charge is -2.33. The summed E-state index contributed by atoms with van der Waals surface area (Å²) in [6, 6.07) is 13.5. The summed E-state index contributed by atoms with van der Waals surface area (Å²) in [5.74, 6) is 0.0785. The average Bonchev–Trinajstić information content (AvgIpc) is 2.70. The Morgan fingerprint density at radius 2 is 1.93 bits per heavy atom. The molecule has 1 atom stereocenters. The first-order chi connectivity index (χ1) is 13.4. The van der Waals surface area contributed by atoms with Gasteiger partial charge in [-0.2, -0.15) is 0 Å². The lowest BCUT2D eigenvalue weighted by Crippen LogP contribution is -2.45. The van der Waals surface area contributed by atoms with E-state index in [1.54, 1.807) is 24.8 Å². The monoisotopic (exact) mass is 383 g/mol. The summed E-state index contributed by atoms with van der Waals surface area (Å²) >= 11 is 0. The third kappa shape index (κ3) is 4.85. The van der Waals surface area contributed by atoms with Crippen molar-refractivity contribution in [3.05, 3.63) is 63.8 Å². The van der Waals surface area contributed by atoms with Crippen LogP contribution in [0.4, 0.5) is 5.82 Å². The molecule has 7 heteroatoms. The second kappa shape index (κ2) is 8.82. The zero-order valence-electron chi connectivity index (χ0n) is 16.2. The number of aryl methyl sites for hydroxylation is 1. The van der Waals surface area contributed by atoms with E-state index in [9.17, 15) is 14.9 Å². The van der Waals surface area contributed by atoms with Gasteiger partial charge >= 0.3 is 5.82 Å². The molecule has 0 bridgehead atoms. The van der Waals surface area contributed by atoms with Crippen LogP contribution < -0.4 is 4.74 Å². The van der Waals surface area contributed by atoms with E-state index >= 15 is 0 Å². The second-order valence-corrected chi connectivity index (χ2v) is 7.25. The molecule has 0 spiro atoms. The van der Waals surface area contributed by atoms with Crippen LogP contribution in [0.1, 0.15) is 31.0 Å². The van der Waals surface area contributed by atoms with Gasteiger partial charge in [0.25, 0.3) is 5.91 Å². The summed E-state index contributed by atoms with van der Waals surface area (Å²) in [6.07, 6.45) is 2.11. The molecular formula is C21H25N3O4. The summed E-state index contributed by atoms with van der Waals surface area (Å²) in [4.78, 5) is 29.0. The molecule has 0 N–H and O–H groups in total. The average molecular weight is 383 g/mol. The number of nitrogens with zero attached hydrogens (tertiary/aromatic N) is 3. The van der Waals surface area contributed by atoms with Crippen LogP contribution in [0.5, 0.6) is 5.75 Å². The normalized spacial score (nSPS) is 15.9. The third-order valence-electron chi connectivity index (χ3n) is 5.10. The van der Waals surface area contributed by atoms with E-state index in [0.717, 1.165) is 19.3 Å². The molecule has 0 unspecified atom stereocenters. The van der Waals surface area contributed by atoms with Gasteiger partial charge in [0.15, 0.2) is 6.10 Å². The zero-order valence-corrected chi connectivity index (χ0v) is 16.2. The first-order valence-corrected chi connectivity index (χ1v) is 9.55. The number of likely N-dealkylation sites (tertiary alicyclic amines) is 1. The standard InChI is InChI=1S/C21H25N3O4/c1-15-8-9-19(20(22-15)24(26)27)28-16(2)21(25)23-12-10-18(11-13-23)14-17-6-4-3-5-7-17/h3-9,16,18H,10-14H2,1-2H3/t16-/m1/s1. The predicted octanol–water partition coefficient (Wildman–Crippen LogP) is 3.55. The number of rotatable bonds is 6. The molecule has 148 valence electrons. The minimum absolute atomic E-state index is 0.0235. The molecule has 0 radical (unpaired) electrons. The van der Waals surface area contributed by atoms with E-state index in [1.165, 1.54) is 11.6 Å². The highest BCUT2D eigenvalue weighted by molar-refractivity contribution is 5.81. The number of carbonyl (C=O) groups is 1. The Kier molecular flexibility index (Phi) is 6.23. The molecule has 0 aliphatic carbocycles. The smallest absolute Gasteiger partial charge is 0.406 e. The van der Waals surface area contributed by atoms with Crippen LogP contribution in [-0.2, 0) is 11.2 Å². The van der Waals surface area contributed by atoms with Gasteiger partial charge in [0.05, 0.1) is 0 Å². The molecule has 2 heterocycles. The molecule has 1 fully saturated rings. The number of nitro groups is 1. The number of ether oxygens (including phenoxy) is 1. The summed E-state index contributed by atoms with van der Waals surface area (Å²) in [5, 5.41) is 11.2. The van der Waals surface area contributed by atoms with E-state index in [4.69, 9.17) is 4.74 Å². The maximum atomic E-state index is 12.7. The quantitative estimate of drug-likeness (QED) is 0.562. The predicted molar refractivity (Wildman–Crippen MR) is 105 cm³/mol. The molecule has 2 aromatic rings. The molecule has 1 aliphatic rings. The van der Waals surface area contributed by atoms with E-state index < -0.39 is 11.0 Å². The van der Waals surface area contributed by atoms with E-state index in [1.807, 2.05) is 18.2 Å². The summed E-state index contributed by atoms with van der Waals surface area (Å²) < 4.78 is 5.60. The number of aromatic nitrogens is 1. The van der Waals surface area contributed by atoms with Crippen LogP contribution in [0, 0.1) is 23.0 Å². The molecule has 1 amide bonds. The van der Waals surface area contributed by atoms with Crippen LogP contribution >= 0.6 is 0 Å². The maximum absolute atomic E-state index is 12.7. The molecule has 0 saturated carbocycles. The number of hydrogen-bond acceptors (Lipinski definition) is 5. The first-order valence-electron chi connectivity index (χ1n) is 9.55. The van der Waals surface area contributed by atoms with Crippen LogP contribution in [0.25, 0.3) is 0 Å². The lowest BCUT2D eigenvalue weighted by atomic mass is 9.90. The topological polar surface area (TPSA) is 85.6 Å². The van der Waals surface area contributed by atoms with Crippen molar-refractivity contribution < 1.29 is 14.5 Å². The van der Waals surface area contributed by atoms with Gasteiger partial charge in [-0.15, -0.1) is 0 Å². The molecular weight excluding hydrogens is 358 g/mol. The van der Waals surface area contributed by atoms with Crippen LogP contribution in [0.2, 0.25) is 0 Å². The number of amides is 1. The largest absolute Gasteiger partial charge is 0.473 e. The molecule has 3 rings (SSSR count). The van der Waals surface area contributed by atoms with Gasteiger partial charge in [-0.3, -0.25) is 4.79 Å².